The number of benzene rings is 2. The molecule has 1 amide bonds. The van der Waals surface area contributed by atoms with Crippen LogP contribution < -0.4 is 15.0 Å². The van der Waals surface area contributed by atoms with Crippen LogP contribution in [0.2, 0.25) is 0 Å². The summed E-state index contributed by atoms with van der Waals surface area (Å²) in [4.78, 5) is 13.1. The quantitative estimate of drug-likeness (QED) is 0.839. The van der Waals surface area contributed by atoms with E-state index in [1.807, 2.05) is 44.3 Å². The van der Waals surface area contributed by atoms with Crippen molar-refractivity contribution in [3.8, 4) is 5.75 Å². The van der Waals surface area contributed by atoms with E-state index < -0.39 is 6.36 Å². The molecule has 1 unspecified atom stereocenters. The Kier molecular flexibility index (Phi) is 6.03. The molecule has 7 heteroatoms. The Labute approximate surface area is 144 Å². The van der Waals surface area contributed by atoms with Crippen molar-refractivity contribution in [3.63, 3.8) is 0 Å². The first kappa shape index (κ1) is 18.8. The van der Waals surface area contributed by atoms with Crippen molar-refractivity contribution >= 4 is 11.6 Å². The summed E-state index contributed by atoms with van der Waals surface area (Å²) < 4.78 is 40.1. The van der Waals surface area contributed by atoms with E-state index in [9.17, 15) is 18.0 Å². The Hall–Kier alpha value is -2.54. The summed E-state index contributed by atoms with van der Waals surface area (Å²) in [6.07, 6.45) is -4.73. The fourth-order valence-corrected chi connectivity index (χ4v) is 2.38. The van der Waals surface area contributed by atoms with Crippen LogP contribution in [0.1, 0.15) is 18.5 Å². The summed E-state index contributed by atoms with van der Waals surface area (Å²) in [5.74, 6) is -0.546. The van der Waals surface area contributed by atoms with Crippen molar-refractivity contribution in [2.45, 2.75) is 19.3 Å². The fraction of sp³-hybridized carbons (Fsp3) is 0.278. The van der Waals surface area contributed by atoms with Crippen LogP contribution >= 0.6 is 0 Å². The minimum atomic E-state index is -4.73. The van der Waals surface area contributed by atoms with Crippen LogP contribution in [0.25, 0.3) is 0 Å². The van der Waals surface area contributed by atoms with Crippen LogP contribution in [-0.2, 0) is 4.79 Å². The van der Waals surface area contributed by atoms with Crippen LogP contribution in [-0.4, -0.2) is 25.9 Å². The molecule has 0 spiro atoms. The number of carbonyl (C=O) groups excluding carboxylic acids is 1. The smallest absolute Gasteiger partial charge is 0.406 e. The second-order valence-electron chi connectivity index (χ2n) is 5.78. The summed E-state index contributed by atoms with van der Waals surface area (Å²) >= 11 is 0. The van der Waals surface area contributed by atoms with E-state index in [2.05, 4.69) is 10.1 Å². The maximum Gasteiger partial charge on any atom is 0.573 e. The number of hydrogen-bond acceptors (Lipinski definition) is 2. The highest BCUT2D eigenvalue weighted by molar-refractivity contribution is 5.91. The van der Waals surface area contributed by atoms with Gasteiger partial charge >= 0.3 is 6.36 Å². The molecule has 2 aromatic rings. The molecule has 0 saturated heterocycles. The molecule has 0 aliphatic heterocycles. The average Bonchev–Trinajstić information content (AvgIpc) is 2.55. The Morgan fingerprint density at radius 1 is 1.12 bits per heavy atom. The maximum absolute atomic E-state index is 12.1. The highest BCUT2D eigenvalue weighted by Crippen LogP contribution is 2.23. The predicted octanol–water partition coefficient (Wildman–Crippen LogP) is 2.80. The van der Waals surface area contributed by atoms with Gasteiger partial charge in [-0.25, -0.2) is 0 Å². The van der Waals surface area contributed by atoms with Gasteiger partial charge in [0.1, 0.15) is 11.8 Å². The number of alkyl halides is 3. The predicted molar refractivity (Wildman–Crippen MR) is 88.4 cm³/mol. The van der Waals surface area contributed by atoms with Crippen LogP contribution in [0.5, 0.6) is 5.75 Å². The third-order valence-corrected chi connectivity index (χ3v) is 3.85. The molecular formula is C18H20F3N2O2+. The summed E-state index contributed by atoms with van der Waals surface area (Å²) in [5.41, 5.74) is 1.54. The molecule has 0 fully saturated rings. The first-order valence-corrected chi connectivity index (χ1v) is 7.77. The van der Waals surface area contributed by atoms with Gasteiger partial charge in [0.15, 0.2) is 6.54 Å². The van der Waals surface area contributed by atoms with Gasteiger partial charge in [0.2, 0.25) is 0 Å². The first-order chi connectivity index (χ1) is 11.7. The Morgan fingerprint density at radius 3 is 2.28 bits per heavy atom. The second-order valence-corrected chi connectivity index (χ2v) is 5.78. The molecule has 2 aromatic carbocycles. The number of anilines is 1. The van der Waals surface area contributed by atoms with Crippen molar-refractivity contribution in [1.82, 2.24) is 0 Å². The number of nitrogens with one attached hydrogen (secondary N) is 2. The topological polar surface area (TPSA) is 42.8 Å². The van der Waals surface area contributed by atoms with Gasteiger partial charge in [0.25, 0.3) is 5.91 Å². The number of carbonyl (C=O) groups is 1. The number of quaternary nitrogens is 1. The number of ether oxygens (including phenoxy) is 1. The van der Waals surface area contributed by atoms with E-state index >= 15 is 0 Å². The molecule has 0 radical (unpaired) electrons. The zero-order chi connectivity index (χ0) is 18.4. The molecule has 0 aromatic heterocycles. The zero-order valence-electron chi connectivity index (χ0n) is 13.9. The van der Waals surface area contributed by atoms with Crippen LogP contribution in [0, 0.1) is 0 Å². The molecule has 0 heterocycles. The molecule has 25 heavy (non-hydrogen) atoms. The van der Waals surface area contributed by atoms with E-state index in [4.69, 9.17) is 0 Å². The molecule has 134 valence electrons. The lowest BCUT2D eigenvalue weighted by Gasteiger charge is -2.21. The van der Waals surface area contributed by atoms with Crippen molar-refractivity contribution in [2.24, 2.45) is 0 Å². The number of halogens is 3. The molecular weight excluding hydrogens is 333 g/mol. The number of likely N-dealkylation sites (N-methyl/N-ethyl adjacent to an activating group) is 1. The fourth-order valence-electron chi connectivity index (χ4n) is 2.38. The number of hydrogen-bond donors (Lipinski definition) is 2. The third kappa shape index (κ3) is 6.11. The zero-order valence-corrected chi connectivity index (χ0v) is 13.9. The van der Waals surface area contributed by atoms with Gasteiger partial charge in [-0.15, -0.1) is 13.2 Å². The molecule has 0 bridgehead atoms. The van der Waals surface area contributed by atoms with Crippen molar-refractivity contribution in [3.05, 3.63) is 60.2 Å². The van der Waals surface area contributed by atoms with E-state index in [0.29, 0.717) is 5.69 Å². The van der Waals surface area contributed by atoms with Gasteiger partial charge in [0, 0.05) is 11.3 Å². The van der Waals surface area contributed by atoms with Crippen molar-refractivity contribution in [1.29, 1.82) is 0 Å². The van der Waals surface area contributed by atoms with Crippen LogP contribution in [0.3, 0.4) is 0 Å². The Balaban J connectivity index is 1.89. The highest BCUT2D eigenvalue weighted by Gasteiger charge is 2.31. The van der Waals surface area contributed by atoms with E-state index in [0.717, 1.165) is 22.6 Å². The number of rotatable bonds is 6. The van der Waals surface area contributed by atoms with Gasteiger partial charge in [-0.2, -0.15) is 0 Å². The number of amides is 1. The van der Waals surface area contributed by atoms with Crippen LogP contribution in [0.4, 0.5) is 18.9 Å². The largest absolute Gasteiger partial charge is 0.573 e. The van der Waals surface area contributed by atoms with Gasteiger partial charge in [-0.05, 0) is 31.2 Å². The maximum atomic E-state index is 12.1. The lowest BCUT2D eigenvalue weighted by atomic mass is 10.1. The minimum Gasteiger partial charge on any atom is -0.406 e. The summed E-state index contributed by atoms with van der Waals surface area (Å²) in [6, 6.07) is 15.0. The van der Waals surface area contributed by atoms with Gasteiger partial charge < -0.3 is 15.0 Å². The van der Waals surface area contributed by atoms with Crippen molar-refractivity contribution < 1.29 is 27.6 Å². The molecule has 0 aliphatic carbocycles. The monoisotopic (exact) mass is 353 g/mol. The molecule has 0 saturated carbocycles. The normalized spacial score (nSPS) is 13.8. The second kappa shape index (κ2) is 8.02. The lowest BCUT2D eigenvalue weighted by molar-refractivity contribution is -0.902. The van der Waals surface area contributed by atoms with E-state index in [1.54, 1.807) is 0 Å². The van der Waals surface area contributed by atoms with Crippen molar-refractivity contribution in [2.75, 3.05) is 18.9 Å². The SMILES string of the molecule is C[C@@H](c1ccccc1)[NH+](C)CC(=O)Nc1ccc(OC(F)(F)F)cc1. The standard InChI is InChI=1S/C18H19F3N2O2/c1-13(14-6-4-3-5-7-14)23(2)12-17(24)22-15-8-10-16(11-9-15)25-18(19,20)21/h3-11,13H,12H2,1-2H3,(H,22,24)/p+1/t13-/m0/s1. The summed E-state index contributed by atoms with van der Waals surface area (Å²) in [7, 11) is 1.91. The molecule has 2 N–H and O–H groups in total. The van der Waals surface area contributed by atoms with Gasteiger partial charge in [-0.1, -0.05) is 30.3 Å². The van der Waals surface area contributed by atoms with Crippen LogP contribution in [0.15, 0.2) is 54.6 Å². The van der Waals surface area contributed by atoms with E-state index in [1.165, 1.54) is 12.1 Å². The third-order valence-electron chi connectivity index (χ3n) is 3.85. The molecule has 0 aliphatic rings. The van der Waals surface area contributed by atoms with Gasteiger partial charge in [-0.3, -0.25) is 4.79 Å². The summed E-state index contributed by atoms with van der Waals surface area (Å²) in [5, 5.41) is 2.67. The Morgan fingerprint density at radius 2 is 1.72 bits per heavy atom. The minimum absolute atomic E-state index is 0.134. The highest BCUT2D eigenvalue weighted by atomic mass is 19.4. The average molecular weight is 353 g/mol. The molecule has 4 nitrogen and oxygen atoms in total. The van der Waals surface area contributed by atoms with E-state index in [-0.39, 0.29) is 24.2 Å². The Bertz CT molecular complexity index is 688. The molecule has 2 atom stereocenters. The molecule has 2 rings (SSSR count). The summed E-state index contributed by atoms with van der Waals surface area (Å²) in [6.45, 7) is 2.26. The van der Waals surface area contributed by atoms with Gasteiger partial charge in [0.05, 0.1) is 7.05 Å². The first-order valence-electron chi connectivity index (χ1n) is 7.77. The lowest BCUT2D eigenvalue weighted by Crippen LogP contribution is -3.10.